The van der Waals surface area contributed by atoms with E-state index in [1.807, 2.05) is 6.07 Å². The average Bonchev–Trinajstić information content (AvgIpc) is 2.93. The van der Waals surface area contributed by atoms with E-state index in [-0.39, 0.29) is 0 Å². The minimum Gasteiger partial charge on any atom is -0.354 e. The van der Waals surface area contributed by atoms with Gasteiger partial charge in [-0.2, -0.15) is 0 Å². The number of hydrogen-bond donors (Lipinski definition) is 2. The second-order valence-electron chi connectivity index (χ2n) is 5.15. The highest BCUT2D eigenvalue weighted by Crippen LogP contribution is 2.28. The zero-order chi connectivity index (χ0) is 13.7. The summed E-state index contributed by atoms with van der Waals surface area (Å²) in [7, 11) is 0. The van der Waals surface area contributed by atoms with Crippen LogP contribution in [0.5, 0.6) is 0 Å². The van der Waals surface area contributed by atoms with E-state index in [4.69, 9.17) is 10.8 Å². The van der Waals surface area contributed by atoms with Gasteiger partial charge in [-0.15, -0.1) is 0 Å². The standard InChI is InChI=1S/C14H25N5/c1-3-7-12-16-13(18-15)10-14(17-12)19(4-2)11-8-5-6-9-11/h10-11H,3-9,15H2,1-2H3,(H,16,17,18). The Bertz CT molecular complexity index is 401. The van der Waals surface area contributed by atoms with Gasteiger partial charge in [0.1, 0.15) is 17.5 Å². The lowest BCUT2D eigenvalue weighted by molar-refractivity contribution is 0.610. The van der Waals surface area contributed by atoms with E-state index in [1.165, 1.54) is 25.7 Å². The predicted octanol–water partition coefficient (Wildman–Crippen LogP) is 2.48. The van der Waals surface area contributed by atoms with E-state index >= 15 is 0 Å². The maximum Gasteiger partial charge on any atom is 0.145 e. The Labute approximate surface area is 115 Å². The molecule has 0 unspecified atom stereocenters. The van der Waals surface area contributed by atoms with Gasteiger partial charge in [0.05, 0.1) is 0 Å². The van der Waals surface area contributed by atoms with Crippen molar-refractivity contribution in [2.75, 3.05) is 16.9 Å². The van der Waals surface area contributed by atoms with Gasteiger partial charge in [0, 0.05) is 25.1 Å². The van der Waals surface area contributed by atoms with Gasteiger partial charge in [-0.25, -0.2) is 15.8 Å². The minimum atomic E-state index is 0.625. The number of hydrogen-bond acceptors (Lipinski definition) is 5. The van der Waals surface area contributed by atoms with Crippen molar-refractivity contribution in [2.24, 2.45) is 5.84 Å². The van der Waals surface area contributed by atoms with Crippen molar-refractivity contribution in [3.63, 3.8) is 0 Å². The van der Waals surface area contributed by atoms with Crippen LogP contribution in [0.25, 0.3) is 0 Å². The normalized spacial score (nSPS) is 15.7. The zero-order valence-electron chi connectivity index (χ0n) is 12.0. The molecule has 0 saturated heterocycles. The highest BCUT2D eigenvalue weighted by Gasteiger charge is 2.23. The molecule has 106 valence electrons. The van der Waals surface area contributed by atoms with Gasteiger partial charge in [-0.1, -0.05) is 19.8 Å². The molecule has 0 bridgehead atoms. The molecule has 1 aromatic rings. The van der Waals surface area contributed by atoms with Crippen molar-refractivity contribution in [1.29, 1.82) is 0 Å². The molecule has 1 aromatic heterocycles. The van der Waals surface area contributed by atoms with Gasteiger partial charge in [0.2, 0.25) is 0 Å². The van der Waals surface area contributed by atoms with Gasteiger partial charge >= 0.3 is 0 Å². The second-order valence-corrected chi connectivity index (χ2v) is 5.15. The maximum atomic E-state index is 5.52. The first kappa shape index (κ1) is 14.1. The fraction of sp³-hybridized carbons (Fsp3) is 0.714. The molecule has 0 aromatic carbocycles. The number of rotatable bonds is 6. The van der Waals surface area contributed by atoms with Crippen molar-refractivity contribution in [2.45, 2.75) is 58.4 Å². The topological polar surface area (TPSA) is 67.1 Å². The third-order valence-corrected chi connectivity index (χ3v) is 3.78. The van der Waals surface area contributed by atoms with Crippen LogP contribution in [0.4, 0.5) is 11.6 Å². The first-order valence-corrected chi connectivity index (χ1v) is 7.39. The third-order valence-electron chi connectivity index (χ3n) is 3.78. The molecule has 1 aliphatic carbocycles. The van der Waals surface area contributed by atoms with E-state index in [1.54, 1.807) is 0 Å². The molecule has 0 radical (unpaired) electrons. The molecule has 1 heterocycles. The maximum absolute atomic E-state index is 5.52. The predicted molar refractivity (Wildman–Crippen MR) is 79.1 cm³/mol. The lowest BCUT2D eigenvalue weighted by atomic mass is 10.2. The van der Waals surface area contributed by atoms with Crippen LogP contribution in [0.3, 0.4) is 0 Å². The SMILES string of the molecule is CCCc1nc(NN)cc(N(CC)C2CCCC2)n1. The highest BCUT2D eigenvalue weighted by molar-refractivity contribution is 5.49. The molecule has 5 heteroatoms. The molecule has 1 aliphatic rings. The quantitative estimate of drug-likeness (QED) is 0.609. The van der Waals surface area contributed by atoms with E-state index < -0.39 is 0 Å². The zero-order valence-corrected chi connectivity index (χ0v) is 12.0. The number of hydrazine groups is 1. The summed E-state index contributed by atoms with van der Waals surface area (Å²) in [5.74, 6) is 8.13. The molecule has 1 fully saturated rings. The molecule has 0 atom stereocenters. The highest BCUT2D eigenvalue weighted by atomic mass is 15.3. The summed E-state index contributed by atoms with van der Waals surface area (Å²) in [6.07, 6.45) is 7.14. The summed E-state index contributed by atoms with van der Waals surface area (Å²) >= 11 is 0. The van der Waals surface area contributed by atoms with Crippen LogP contribution >= 0.6 is 0 Å². The summed E-state index contributed by atoms with van der Waals surface area (Å²) in [6, 6.07) is 2.58. The molecular weight excluding hydrogens is 238 g/mol. The number of anilines is 2. The van der Waals surface area contributed by atoms with Gasteiger partial charge in [-0.05, 0) is 26.2 Å². The number of aromatic nitrogens is 2. The van der Waals surface area contributed by atoms with Crippen molar-refractivity contribution in [1.82, 2.24) is 9.97 Å². The Hall–Kier alpha value is -1.36. The van der Waals surface area contributed by atoms with Crippen LogP contribution in [0.2, 0.25) is 0 Å². The fourth-order valence-corrected chi connectivity index (χ4v) is 2.86. The smallest absolute Gasteiger partial charge is 0.145 e. The molecule has 3 N–H and O–H groups in total. The summed E-state index contributed by atoms with van der Waals surface area (Å²) in [5.41, 5.74) is 2.66. The summed E-state index contributed by atoms with van der Waals surface area (Å²) in [4.78, 5) is 11.5. The molecule has 1 saturated carbocycles. The first-order valence-electron chi connectivity index (χ1n) is 7.39. The third kappa shape index (κ3) is 3.35. The van der Waals surface area contributed by atoms with Gasteiger partial charge < -0.3 is 10.3 Å². The molecule has 19 heavy (non-hydrogen) atoms. The monoisotopic (exact) mass is 263 g/mol. The largest absolute Gasteiger partial charge is 0.354 e. The summed E-state index contributed by atoms with van der Waals surface area (Å²) < 4.78 is 0. The summed E-state index contributed by atoms with van der Waals surface area (Å²) in [5, 5.41) is 0. The van der Waals surface area contributed by atoms with Gasteiger partial charge in [-0.3, -0.25) is 0 Å². The van der Waals surface area contributed by atoms with Crippen LogP contribution in [0, 0.1) is 0 Å². The molecule has 0 aliphatic heterocycles. The van der Waals surface area contributed by atoms with Crippen LogP contribution in [-0.2, 0) is 6.42 Å². The van der Waals surface area contributed by atoms with Crippen LogP contribution in [-0.4, -0.2) is 22.6 Å². The Morgan fingerprint density at radius 3 is 2.63 bits per heavy atom. The van der Waals surface area contributed by atoms with Crippen LogP contribution in [0.1, 0.15) is 51.8 Å². The Morgan fingerprint density at radius 1 is 1.32 bits per heavy atom. The number of nitrogen functional groups attached to an aromatic ring is 1. The molecule has 5 nitrogen and oxygen atoms in total. The first-order chi connectivity index (χ1) is 9.28. The average molecular weight is 263 g/mol. The minimum absolute atomic E-state index is 0.625. The lowest BCUT2D eigenvalue weighted by Gasteiger charge is -2.29. The molecule has 0 spiro atoms. The van der Waals surface area contributed by atoms with Crippen molar-refractivity contribution in [3.8, 4) is 0 Å². The van der Waals surface area contributed by atoms with Crippen LogP contribution in [0.15, 0.2) is 6.07 Å². The summed E-state index contributed by atoms with van der Waals surface area (Å²) in [6.45, 7) is 5.31. The molecule has 2 rings (SSSR count). The number of nitrogens with zero attached hydrogens (tertiary/aromatic N) is 3. The number of nitrogens with one attached hydrogen (secondary N) is 1. The van der Waals surface area contributed by atoms with Crippen molar-refractivity contribution < 1.29 is 0 Å². The van der Waals surface area contributed by atoms with Crippen molar-refractivity contribution >= 4 is 11.6 Å². The lowest BCUT2D eigenvalue weighted by Crippen LogP contribution is -2.34. The Kier molecular flexibility index (Phi) is 4.96. The van der Waals surface area contributed by atoms with Gasteiger partial charge in [0.15, 0.2) is 0 Å². The molecular formula is C14H25N5. The fourth-order valence-electron chi connectivity index (χ4n) is 2.86. The van der Waals surface area contributed by atoms with Crippen molar-refractivity contribution in [3.05, 3.63) is 11.9 Å². The second kappa shape index (κ2) is 6.70. The molecule has 0 amide bonds. The van der Waals surface area contributed by atoms with E-state index in [2.05, 4.69) is 29.2 Å². The van der Waals surface area contributed by atoms with E-state index in [0.717, 1.165) is 31.0 Å². The van der Waals surface area contributed by atoms with Gasteiger partial charge in [0.25, 0.3) is 0 Å². The van der Waals surface area contributed by atoms with E-state index in [0.29, 0.717) is 11.9 Å². The van der Waals surface area contributed by atoms with E-state index in [9.17, 15) is 0 Å². The van der Waals surface area contributed by atoms with Crippen LogP contribution < -0.4 is 16.2 Å². The Morgan fingerprint density at radius 2 is 2.05 bits per heavy atom. The Balaban J connectivity index is 2.26. The number of nitrogens with two attached hydrogens (primary N) is 1. The number of aryl methyl sites for hydroxylation is 1.